The van der Waals surface area contributed by atoms with Gasteiger partial charge in [-0.2, -0.15) is 0 Å². The number of hydrogen-bond acceptors (Lipinski definition) is 5. The number of dihydropyridines is 1. The number of methoxy groups -OCH3 is 1. The minimum absolute atomic E-state index is 0.106. The first-order valence-corrected chi connectivity index (χ1v) is 11.7. The molecule has 0 aromatic heterocycles. The van der Waals surface area contributed by atoms with Crippen LogP contribution in [-0.2, 0) is 16.1 Å². The largest absolute Gasteiger partial charge is 0.489 e. The van der Waals surface area contributed by atoms with E-state index in [0.717, 1.165) is 26.9 Å². The average molecular weight is 516 g/mol. The van der Waals surface area contributed by atoms with E-state index in [-0.39, 0.29) is 5.78 Å². The zero-order valence-corrected chi connectivity index (χ0v) is 20.3. The maximum atomic E-state index is 13.6. The molecule has 0 fully saturated rings. The van der Waals surface area contributed by atoms with E-state index in [1.807, 2.05) is 79.7 Å². The van der Waals surface area contributed by atoms with Crippen molar-refractivity contribution in [2.75, 3.05) is 7.11 Å². The first-order valence-electron chi connectivity index (χ1n) is 10.9. The number of Topliss-reactive ketones (excluding diaryl/α,β-unsaturated/α-hetero) is 1. The number of ketones is 1. The lowest BCUT2D eigenvalue weighted by Crippen LogP contribution is -2.29. The van der Waals surface area contributed by atoms with Crippen LogP contribution in [0.1, 0.15) is 39.9 Å². The fourth-order valence-electron chi connectivity index (χ4n) is 4.63. The van der Waals surface area contributed by atoms with Crippen LogP contribution in [0.15, 0.2) is 94.1 Å². The topological polar surface area (TPSA) is 64.6 Å². The Bertz CT molecular complexity index is 1370. The Kier molecular flexibility index (Phi) is 5.84. The fraction of sp³-hybridized carbons (Fsp3) is 0.143. The summed E-state index contributed by atoms with van der Waals surface area (Å²) in [7, 11) is 1.35. The molecule has 0 spiro atoms. The molecule has 2 aliphatic rings. The zero-order valence-electron chi connectivity index (χ0n) is 18.7. The van der Waals surface area contributed by atoms with Gasteiger partial charge in [-0.25, -0.2) is 4.79 Å². The fourth-order valence-corrected chi connectivity index (χ4v) is 5.01. The molecule has 3 aromatic carbocycles. The van der Waals surface area contributed by atoms with Gasteiger partial charge in [-0.1, -0.05) is 70.5 Å². The molecule has 1 aliphatic carbocycles. The summed E-state index contributed by atoms with van der Waals surface area (Å²) in [5.74, 6) is -0.638. The Morgan fingerprint density at radius 3 is 2.44 bits per heavy atom. The normalized spacial score (nSPS) is 16.7. The van der Waals surface area contributed by atoms with Crippen LogP contribution >= 0.6 is 15.9 Å². The Balaban J connectivity index is 1.67. The van der Waals surface area contributed by atoms with Crippen LogP contribution in [0.2, 0.25) is 0 Å². The van der Waals surface area contributed by atoms with Gasteiger partial charge in [-0.05, 0) is 30.7 Å². The molecule has 0 bridgehead atoms. The molecule has 0 unspecified atom stereocenters. The highest BCUT2D eigenvalue weighted by molar-refractivity contribution is 9.10. The minimum atomic E-state index is -0.646. The third-order valence-electron chi connectivity index (χ3n) is 6.17. The van der Waals surface area contributed by atoms with Gasteiger partial charge in [-0.3, -0.25) is 4.79 Å². The molecular formula is C28H22BrNO4. The summed E-state index contributed by atoms with van der Waals surface area (Å²) in [5, 5.41) is 3.31. The molecule has 0 radical (unpaired) electrons. The van der Waals surface area contributed by atoms with Crippen LogP contribution in [0.3, 0.4) is 0 Å². The van der Waals surface area contributed by atoms with Crippen molar-refractivity contribution in [2.45, 2.75) is 19.4 Å². The second-order valence-electron chi connectivity index (χ2n) is 8.21. The van der Waals surface area contributed by atoms with Crippen molar-refractivity contribution in [3.8, 4) is 5.75 Å². The van der Waals surface area contributed by atoms with E-state index >= 15 is 0 Å². The number of nitrogens with one attached hydrogen (secondary N) is 1. The smallest absolute Gasteiger partial charge is 0.336 e. The van der Waals surface area contributed by atoms with Gasteiger partial charge in [0.1, 0.15) is 12.4 Å². The summed E-state index contributed by atoms with van der Waals surface area (Å²) in [5.41, 5.74) is 5.48. The SMILES string of the molecule is COC(=O)C1=C(C)NC2=C(C(=O)c3ccccc32)[C@@H]1c1cc(Br)ccc1OCc1ccccc1. The number of carbonyl (C=O) groups is 2. The molecule has 1 heterocycles. The summed E-state index contributed by atoms with van der Waals surface area (Å²) in [6.45, 7) is 2.19. The van der Waals surface area contributed by atoms with Crippen molar-refractivity contribution in [1.82, 2.24) is 5.32 Å². The van der Waals surface area contributed by atoms with Crippen molar-refractivity contribution >= 4 is 33.4 Å². The van der Waals surface area contributed by atoms with Crippen LogP contribution in [0.25, 0.3) is 5.70 Å². The molecule has 34 heavy (non-hydrogen) atoms. The summed E-state index contributed by atoms with van der Waals surface area (Å²) < 4.78 is 12.2. The molecule has 1 atom stereocenters. The number of allylic oxidation sites excluding steroid dienone is 2. The Morgan fingerprint density at radius 2 is 1.71 bits per heavy atom. The first kappa shape index (κ1) is 22.2. The molecule has 0 amide bonds. The molecule has 3 aromatic rings. The van der Waals surface area contributed by atoms with Gasteiger partial charge < -0.3 is 14.8 Å². The number of hydrogen-bond donors (Lipinski definition) is 1. The quantitative estimate of drug-likeness (QED) is 0.437. The summed E-state index contributed by atoms with van der Waals surface area (Å²) >= 11 is 3.56. The van der Waals surface area contributed by atoms with E-state index in [1.54, 1.807) is 0 Å². The van der Waals surface area contributed by atoms with Gasteiger partial charge in [0.25, 0.3) is 0 Å². The minimum Gasteiger partial charge on any atom is -0.489 e. The van der Waals surface area contributed by atoms with Gasteiger partial charge in [0.05, 0.1) is 24.3 Å². The maximum absolute atomic E-state index is 13.6. The van der Waals surface area contributed by atoms with Crippen LogP contribution in [-0.4, -0.2) is 18.9 Å². The molecule has 5 nitrogen and oxygen atoms in total. The number of fused-ring (bicyclic) bond motifs is 2. The van der Waals surface area contributed by atoms with E-state index in [0.29, 0.717) is 34.8 Å². The predicted molar refractivity (Wildman–Crippen MR) is 133 cm³/mol. The van der Waals surface area contributed by atoms with Crippen molar-refractivity contribution in [3.05, 3.63) is 116 Å². The van der Waals surface area contributed by atoms with Crippen LogP contribution in [0.4, 0.5) is 0 Å². The lowest BCUT2D eigenvalue weighted by atomic mass is 9.79. The van der Waals surface area contributed by atoms with E-state index in [2.05, 4.69) is 21.2 Å². The summed E-state index contributed by atoms with van der Waals surface area (Å²) in [4.78, 5) is 26.6. The molecule has 1 aliphatic heterocycles. The molecule has 0 saturated carbocycles. The molecular weight excluding hydrogens is 494 g/mol. The van der Waals surface area contributed by atoms with E-state index in [9.17, 15) is 9.59 Å². The molecule has 5 rings (SSSR count). The van der Waals surface area contributed by atoms with Gasteiger partial charge >= 0.3 is 5.97 Å². The van der Waals surface area contributed by atoms with Crippen molar-refractivity contribution in [2.24, 2.45) is 0 Å². The molecule has 170 valence electrons. The van der Waals surface area contributed by atoms with Crippen molar-refractivity contribution in [1.29, 1.82) is 0 Å². The lowest BCUT2D eigenvalue weighted by molar-refractivity contribution is -0.136. The van der Waals surface area contributed by atoms with Crippen LogP contribution in [0.5, 0.6) is 5.75 Å². The number of halogens is 1. The monoisotopic (exact) mass is 515 g/mol. The maximum Gasteiger partial charge on any atom is 0.336 e. The number of carbonyl (C=O) groups excluding carboxylic acids is 2. The number of benzene rings is 3. The Morgan fingerprint density at radius 1 is 1.00 bits per heavy atom. The third-order valence-corrected chi connectivity index (χ3v) is 6.67. The average Bonchev–Trinajstić information content (AvgIpc) is 3.14. The highest BCUT2D eigenvalue weighted by Crippen LogP contribution is 2.49. The Hall–Kier alpha value is -3.64. The summed E-state index contributed by atoms with van der Waals surface area (Å²) in [6, 6.07) is 23.0. The Labute approximate surface area is 206 Å². The van der Waals surface area contributed by atoms with Crippen LogP contribution in [0, 0.1) is 0 Å². The highest BCUT2D eigenvalue weighted by Gasteiger charge is 2.43. The second kappa shape index (κ2) is 8.95. The standard InChI is InChI=1S/C28H22BrNO4/c1-16-23(28(32)33-2)24(25-26(30-16)19-10-6-7-11-20(19)27(25)31)21-14-18(29)12-13-22(21)34-15-17-8-4-3-5-9-17/h3-14,24,30H,15H2,1-2H3/t24-/m1/s1. The second-order valence-corrected chi connectivity index (χ2v) is 9.12. The predicted octanol–water partition coefficient (Wildman–Crippen LogP) is 5.77. The zero-order chi connectivity index (χ0) is 23.8. The van der Waals surface area contributed by atoms with Gasteiger partial charge in [0.2, 0.25) is 0 Å². The first-order chi connectivity index (χ1) is 16.5. The molecule has 0 saturated heterocycles. The van der Waals surface area contributed by atoms with E-state index < -0.39 is 11.9 Å². The van der Waals surface area contributed by atoms with E-state index in [4.69, 9.17) is 9.47 Å². The molecule has 1 N–H and O–H groups in total. The van der Waals surface area contributed by atoms with Crippen LogP contribution < -0.4 is 10.1 Å². The number of esters is 1. The number of rotatable bonds is 5. The summed E-state index contributed by atoms with van der Waals surface area (Å²) in [6.07, 6.45) is 0. The lowest BCUT2D eigenvalue weighted by Gasteiger charge is -2.30. The highest BCUT2D eigenvalue weighted by atomic mass is 79.9. The third kappa shape index (κ3) is 3.74. The van der Waals surface area contributed by atoms with Crippen molar-refractivity contribution in [3.63, 3.8) is 0 Å². The van der Waals surface area contributed by atoms with Gasteiger partial charge in [0, 0.05) is 32.4 Å². The van der Waals surface area contributed by atoms with Crippen molar-refractivity contribution < 1.29 is 19.1 Å². The number of ether oxygens (including phenoxy) is 2. The van der Waals surface area contributed by atoms with Gasteiger partial charge in [-0.15, -0.1) is 0 Å². The van der Waals surface area contributed by atoms with Gasteiger partial charge in [0.15, 0.2) is 5.78 Å². The molecule has 6 heteroatoms. The van der Waals surface area contributed by atoms with E-state index in [1.165, 1.54) is 7.11 Å².